The van der Waals surface area contributed by atoms with Crippen LogP contribution in [0.3, 0.4) is 0 Å². The predicted octanol–water partition coefficient (Wildman–Crippen LogP) is 3.82. The number of esters is 1. The number of anilines is 1. The summed E-state index contributed by atoms with van der Waals surface area (Å²) >= 11 is 6.66. The fourth-order valence-electron chi connectivity index (χ4n) is 4.69. The Hall–Kier alpha value is -3.36. The van der Waals surface area contributed by atoms with Gasteiger partial charge < -0.3 is 14.1 Å². The molecule has 0 aliphatic carbocycles. The summed E-state index contributed by atoms with van der Waals surface area (Å²) in [7, 11) is 0. The van der Waals surface area contributed by atoms with Crippen molar-refractivity contribution in [3.05, 3.63) is 56.1 Å². The predicted molar refractivity (Wildman–Crippen MR) is 145 cm³/mol. The van der Waals surface area contributed by atoms with Crippen molar-refractivity contribution in [2.45, 2.75) is 46.7 Å². The van der Waals surface area contributed by atoms with Gasteiger partial charge in [-0.15, -0.1) is 0 Å². The first-order valence-electron chi connectivity index (χ1n) is 12.2. The van der Waals surface area contributed by atoms with Gasteiger partial charge in [0, 0.05) is 25.2 Å². The summed E-state index contributed by atoms with van der Waals surface area (Å²) in [4.78, 5) is 42.7. The van der Waals surface area contributed by atoms with Gasteiger partial charge in [0.2, 0.25) is 0 Å². The van der Waals surface area contributed by atoms with E-state index in [-0.39, 0.29) is 35.5 Å². The topological polar surface area (TPSA) is 109 Å². The van der Waals surface area contributed by atoms with Gasteiger partial charge in [-0.3, -0.25) is 23.9 Å². The molecule has 2 aliphatic heterocycles. The SMILES string of the molecule is CCOC(=O)C1CCN(c2c(/C=C3/SC(=S)N(Cc4ccco4)C3=O)c(C)c(C#N)c(=O)n2CC)CC1. The van der Waals surface area contributed by atoms with E-state index in [1.54, 1.807) is 42.9 Å². The van der Waals surface area contributed by atoms with Crippen LogP contribution in [0.5, 0.6) is 0 Å². The molecule has 0 atom stereocenters. The van der Waals surface area contributed by atoms with Crippen molar-refractivity contribution < 1.29 is 18.7 Å². The van der Waals surface area contributed by atoms with Crippen molar-refractivity contribution in [1.82, 2.24) is 9.47 Å². The Bertz CT molecular complexity index is 1350. The number of hydrogen-bond donors (Lipinski definition) is 0. The van der Waals surface area contributed by atoms with Crippen LogP contribution in [0.4, 0.5) is 5.82 Å². The number of amides is 1. The van der Waals surface area contributed by atoms with Gasteiger partial charge >= 0.3 is 5.97 Å². The Labute approximate surface area is 224 Å². The number of rotatable bonds is 7. The number of piperidine rings is 1. The average Bonchev–Trinajstić information content (AvgIpc) is 3.50. The number of pyridine rings is 1. The summed E-state index contributed by atoms with van der Waals surface area (Å²) in [6, 6.07) is 5.58. The molecule has 2 fully saturated rings. The van der Waals surface area contributed by atoms with E-state index in [1.165, 1.54) is 16.7 Å². The van der Waals surface area contributed by atoms with Crippen LogP contribution < -0.4 is 10.5 Å². The van der Waals surface area contributed by atoms with E-state index < -0.39 is 0 Å². The van der Waals surface area contributed by atoms with Crippen LogP contribution in [0.2, 0.25) is 0 Å². The molecule has 1 amide bonds. The number of hydrogen-bond acceptors (Lipinski definition) is 9. The van der Waals surface area contributed by atoms with E-state index in [4.69, 9.17) is 21.4 Å². The minimum atomic E-state index is -0.368. The zero-order chi connectivity index (χ0) is 26.7. The molecule has 2 saturated heterocycles. The first-order valence-corrected chi connectivity index (χ1v) is 13.4. The first-order chi connectivity index (χ1) is 17.8. The monoisotopic (exact) mass is 540 g/mol. The Morgan fingerprint density at radius 1 is 1.32 bits per heavy atom. The second-order valence-electron chi connectivity index (χ2n) is 8.76. The van der Waals surface area contributed by atoms with Crippen LogP contribution in [0.25, 0.3) is 6.08 Å². The molecular weight excluding hydrogens is 512 g/mol. The Morgan fingerprint density at radius 3 is 2.65 bits per heavy atom. The van der Waals surface area contributed by atoms with Gasteiger partial charge in [0.15, 0.2) is 0 Å². The average molecular weight is 541 g/mol. The summed E-state index contributed by atoms with van der Waals surface area (Å²) in [6.45, 7) is 7.34. The number of carbonyl (C=O) groups excluding carboxylic acids is 2. The summed E-state index contributed by atoms with van der Waals surface area (Å²) in [5.74, 6) is 0.601. The molecule has 0 unspecified atom stereocenters. The Balaban J connectivity index is 1.74. The number of carbonyl (C=O) groups is 2. The fourth-order valence-corrected chi connectivity index (χ4v) is 5.93. The molecular formula is C26H28N4O5S2. The molecule has 2 aromatic rings. The summed E-state index contributed by atoms with van der Waals surface area (Å²) in [6.07, 6.45) is 4.44. The number of aromatic nitrogens is 1. The molecule has 0 bridgehead atoms. The zero-order valence-corrected chi connectivity index (χ0v) is 22.6. The number of ether oxygens (including phenoxy) is 1. The highest BCUT2D eigenvalue weighted by molar-refractivity contribution is 8.26. The Kier molecular flexibility index (Phi) is 8.19. The molecule has 9 nitrogen and oxygen atoms in total. The van der Waals surface area contributed by atoms with Crippen molar-refractivity contribution >= 4 is 52.1 Å². The molecule has 0 N–H and O–H groups in total. The van der Waals surface area contributed by atoms with Crippen LogP contribution in [-0.2, 0) is 27.4 Å². The quantitative estimate of drug-likeness (QED) is 0.294. The van der Waals surface area contributed by atoms with Gasteiger partial charge in [-0.25, -0.2) is 0 Å². The van der Waals surface area contributed by atoms with Crippen LogP contribution >= 0.6 is 24.0 Å². The molecule has 2 aliphatic rings. The van der Waals surface area contributed by atoms with E-state index in [0.717, 1.165) is 0 Å². The van der Waals surface area contributed by atoms with Gasteiger partial charge in [-0.05, 0) is 57.4 Å². The number of furan rings is 1. The van der Waals surface area contributed by atoms with E-state index in [0.29, 0.717) is 71.0 Å². The highest BCUT2D eigenvalue weighted by Gasteiger charge is 2.34. The van der Waals surface area contributed by atoms with Gasteiger partial charge in [0.25, 0.3) is 11.5 Å². The molecule has 194 valence electrons. The highest BCUT2D eigenvalue weighted by atomic mass is 32.2. The van der Waals surface area contributed by atoms with Gasteiger partial charge in [-0.1, -0.05) is 24.0 Å². The lowest BCUT2D eigenvalue weighted by Crippen LogP contribution is -2.41. The van der Waals surface area contributed by atoms with Crippen LogP contribution in [0.15, 0.2) is 32.5 Å². The highest BCUT2D eigenvalue weighted by Crippen LogP contribution is 2.37. The van der Waals surface area contributed by atoms with Gasteiger partial charge in [0.1, 0.15) is 27.5 Å². The Morgan fingerprint density at radius 2 is 2.05 bits per heavy atom. The lowest BCUT2D eigenvalue weighted by Gasteiger charge is -2.35. The summed E-state index contributed by atoms with van der Waals surface area (Å²) in [5, 5.41) is 9.77. The van der Waals surface area contributed by atoms with Crippen molar-refractivity contribution in [2.75, 3.05) is 24.6 Å². The molecule has 2 aromatic heterocycles. The van der Waals surface area contributed by atoms with Crippen LogP contribution in [-0.4, -0.2) is 45.4 Å². The van der Waals surface area contributed by atoms with Crippen molar-refractivity contribution in [3.8, 4) is 6.07 Å². The van der Waals surface area contributed by atoms with Crippen molar-refractivity contribution in [1.29, 1.82) is 5.26 Å². The number of thiocarbonyl (C=S) groups is 1. The molecule has 11 heteroatoms. The van der Waals surface area contributed by atoms with Gasteiger partial charge in [-0.2, -0.15) is 5.26 Å². The maximum absolute atomic E-state index is 13.3. The molecule has 0 aromatic carbocycles. The fraction of sp³-hybridized carbons (Fsp3) is 0.423. The largest absolute Gasteiger partial charge is 0.467 e. The maximum Gasteiger partial charge on any atom is 0.309 e. The third-order valence-electron chi connectivity index (χ3n) is 6.62. The number of thioether (sulfide) groups is 1. The summed E-state index contributed by atoms with van der Waals surface area (Å²) < 4.78 is 12.6. The second-order valence-corrected chi connectivity index (χ2v) is 10.4. The minimum Gasteiger partial charge on any atom is -0.467 e. The molecule has 37 heavy (non-hydrogen) atoms. The van der Waals surface area contributed by atoms with Crippen LogP contribution in [0, 0.1) is 24.2 Å². The standard InChI is InChI=1S/C26H28N4O5S2/c1-4-29-22(28-10-8-17(9-11-28)25(33)34-5-2)19(16(3)20(14-27)23(29)31)13-21-24(32)30(26(36)37-21)15-18-7-6-12-35-18/h6-7,12-13,17H,4-5,8-11,15H2,1-3H3/b21-13+. The lowest BCUT2D eigenvalue weighted by molar-refractivity contribution is -0.148. The minimum absolute atomic E-state index is 0.0457. The lowest BCUT2D eigenvalue weighted by atomic mass is 9.95. The van der Waals surface area contributed by atoms with Crippen molar-refractivity contribution in [3.63, 3.8) is 0 Å². The molecule has 4 rings (SSSR count). The maximum atomic E-state index is 13.3. The molecule has 0 saturated carbocycles. The van der Waals surface area contributed by atoms with E-state index >= 15 is 0 Å². The molecule has 0 radical (unpaired) electrons. The van der Waals surface area contributed by atoms with Crippen molar-refractivity contribution in [2.24, 2.45) is 5.92 Å². The first kappa shape index (κ1) is 26.7. The van der Waals surface area contributed by atoms with Crippen LogP contribution in [0.1, 0.15) is 49.1 Å². The normalized spacial score (nSPS) is 17.5. The number of nitriles is 1. The molecule has 4 heterocycles. The van der Waals surface area contributed by atoms with E-state index in [2.05, 4.69) is 4.90 Å². The zero-order valence-electron chi connectivity index (χ0n) is 21.0. The molecule has 0 spiro atoms. The third-order valence-corrected chi connectivity index (χ3v) is 8.00. The second kappa shape index (κ2) is 11.4. The van der Waals surface area contributed by atoms with Gasteiger partial charge in [0.05, 0.1) is 30.2 Å². The summed E-state index contributed by atoms with van der Waals surface area (Å²) in [5.41, 5.74) is 0.818. The van der Waals surface area contributed by atoms with E-state index in [1.807, 2.05) is 13.0 Å². The third kappa shape index (κ3) is 5.22. The smallest absolute Gasteiger partial charge is 0.309 e. The number of nitrogens with zero attached hydrogens (tertiary/aromatic N) is 4. The van der Waals surface area contributed by atoms with E-state index in [9.17, 15) is 19.6 Å².